The zero-order valence-electron chi connectivity index (χ0n) is 9.10. The minimum absolute atomic E-state index is 1.14. The normalized spacial score (nSPS) is 11.4. The molecule has 0 bridgehead atoms. The molecule has 0 aliphatic heterocycles. The highest BCUT2D eigenvalue weighted by atomic mass is 32.1. The van der Waals surface area contributed by atoms with Crippen molar-refractivity contribution in [3.8, 4) is 10.4 Å². The van der Waals surface area contributed by atoms with Gasteiger partial charge in [0.2, 0.25) is 0 Å². The van der Waals surface area contributed by atoms with E-state index in [4.69, 9.17) is 5.41 Å². The smallest absolute Gasteiger partial charge is 0.0349 e. The number of nitrogens with one attached hydrogen (secondary N) is 1. The number of benzene rings is 1. The Bertz CT molecular complexity index is 509. The van der Waals surface area contributed by atoms with Gasteiger partial charge in [0.05, 0.1) is 0 Å². The molecule has 1 N–H and O–H groups in total. The number of hydrogen-bond donors (Lipinski definition) is 1. The average molecular weight is 227 g/mol. The fourth-order valence-corrected chi connectivity index (χ4v) is 2.51. The lowest BCUT2D eigenvalue weighted by atomic mass is 10.2. The Morgan fingerprint density at radius 1 is 1.12 bits per heavy atom. The molecule has 0 spiro atoms. The van der Waals surface area contributed by atoms with Crippen molar-refractivity contribution in [1.29, 1.82) is 5.41 Å². The van der Waals surface area contributed by atoms with Crippen LogP contribution >= 0.6 is 11.3 Å². The Hall–Kier alpha value is -1.67. The summed E-state index contributed by atoms with van der Waals surface area (Å²) in [6.45, 7) is 2.03. The van der Waals surface area contributed by atoms with Crippen LogP contribution < -0.4 is 0 Å². The Morgan fingerprint density at radius 2 is 1.88 bits per heavy atom. The molecule has 16 heavy (non-hydrogen) atoms. The van der Waals surface area contributed by atoms with Gasteiger partial charge >= 0.3 is 0 Å². The standard InChI is InChI=1S/C14H13NS/c1-11(9-10-15)13-7-8-14(16-13)12-5-3-2-4-6-12/h2-10,15H,1H3/b11-9+,15-10?. The highest BCUT2D eigenvalue weighted by Gasteiger charge is 2.02. The van der Waals surface area contributed by atoms with Gasteiger partial charge in [0.25, 0.3) is 0 Å². The molecule has 0 unspecified atom stereocenters. The molecule has 80 valence electrons. The zero-order chi connectivity index (χ0) is 11.4. The van der Waals surface area contributed by atoms with Gasteiger partial charge in [-0.25, -0.2) is 0 Å². The van der Waals surface area contributed by atoms with Gasteiger partial charge in [-0.05, 0) is 36.3 Å². The van der Waals surface area contributed by atoms with Crippen molar-refractivity contribution in [3.05, 3.63) is 53.4 Å². The van der Waals surface area contributed by atoms with Gasteiger partial charge in [-0.3, -0.25) is 0 Å². The molecule has 0 radical (unpaired) electrons. The molecule has 1 aromatic carbocycles. The summed E-state index contributed by atoms with van der Waals surface area (Å²) in [4.78, 5) is 2.50. The van der Waals surface area contributed by atoms with E-state index in [9.17, 15) is 0 Å². The molecule has 2 rings (SSSR count). The topological polar surface area (TPSA) is 23.9 Å². The molecular formula is C14H13NS. The van der Waals surface area contributed by atoms with Crippen molar-refractivity contribution in [2.75, 3.05) is 0 Å². The van der Waals surface area contributed by atoms with E-state index < -0.39 is 0 Å². The molecule has 0 atom stereocenters. The number of hydrogen-bond acceptors (Lipinski definition) is 2. The van der Waals surface area contributed by atoms with E-state index >= 15 is 0 Å². The van der Waals surface area contributed by atoms with Gasteiger partial charge in [-0.2, -0.15) is 0 Å². The monoisotopic (exact) mass is 227 g/mol. The molecule has 2 heteroatoms. The zero-order valence-corrected chi connectivity index (χ0v) is 9.92. The van der Waals surface area contributed by atoms with Crippen LogP contribution in [0.1, 0.15) is 11.8 Å². The summed E-state index contributed by atoms with van der Waals surface area (Å²) < 4.78 is 0. The third kappa shape index (κ3) is 2.28. The maximum atomic E-state index is 7.06. The Balaban J connectivity index is 2.34. The summed E-state index contributed by atoms with van der Waals surface area (Å²) in [6, 6.07) is 14.6. The second-order valence-electron chi connectivity index (χ2n) is 3.55. The predicted octanol–water partition coefficient (Wildman–Crippen LogP) is 4.47. The lowest BCUT2D eigenvalue weighted by molar-refractivity contribution is 1.57. The summed E-state index contributed by atoms with van der Waals surface area (Å²) in [7, 11) is 0. The average Bonchev–Trinajstić information content (AvgIpc) is 2.80. The van der Waals surface area contributed by atoms with Gasteiger partial charge in [-0.15, -0.1) is 11.3 Å². The molecule has 2 aromatic rings. The van der Waals surface area contributed by atoms with Crippen LogP contribution in [0.2, 0.25) is 0 Å². The van der Waals surface area contributed by atoms with Crippen LogP contribution in [0.3, 0.4) is 0 Å². The van der Waals surface area contributed by atoms with Gasteiger partial charge in [0.1, 0.15) is 0 Å². The minimum Gasteiger partial charge on any atom is -0.309 e. The fourth-order valence-electron chi connectivity index (χ4n) is 1.51. The number of thiophene rings is 1. The Morgan fingerprint density at radius 3 is 2.56 bits per heavy atom. The van der Waals surface area contributed by atoms with Crippen LogP contribution in [0.5, 0.6) is 0 Å². The molecule has 0 fully saturated rings. The highest BCUT2D eigenvalue weighted by molar-refractivity contribution is 7.16. The van der Waals surface area contributed by atoms with Gasteiger partial charge in [-0.1, -0.05) is 30.3 Å². The second kappa shape index (κ2) is 4.90. The van der Waals surface area contributed by atoms with Crippen LogP contribution in [0.15, 0.2) is 48.5 Å². The molecule has 0 amide bonds. The summed E-state index contributed by atoms with van der Waals surface area (Å²) in [5.74, 6) is 0. The van der Waals surface area contributed by atoms with E-state index in [0.717, 1.165) is 5.57 Å². The van der Waals surface area contributed by atoms with Crippen molar-refractivity contribution >= 4 is 23.1 Å². The van der Waals surface area contributed by atoms with Crippen LogP contribution in [0, 0.1) is 5.41 Å². The van der Waals surface area contributed by atoms with Crippen LogP contribution in [-0.2, 0) is 0 Å². The molecular weight excluding hydrogens is 214 g/mol. The molecule has 1 heterocycles. The first-order valence-corrected chi connectivity index (χ1v) is 5.96. The Labute approximate surface area is 99.6 Å². The Kier molecular flexibility index (Phi) is 3.32. The van der Waals surface area contributed by atoms with E-state index in [0.29, 0.717) is 0 Å². The molecule has 0 saturated heterocycles. The van der Waals surface area contributed by atoms with Gasteiger partial charge in [0.15, 0.2) is 0 Å². The first-order chi connectivity index (χ1) is 7.81. The number of allylic oxidation sites excluding steroid dienone is 2. The quantitative estimate of drug-likeness (QED) is 0.748. The van der Waals surface area contributed by atoms with E-state index in [2.05, 4.69) is 36.4 Å². The van der Waals surface area contributed by atoms with Crippen molar-refractivity contribution in [3.63, 3.8) is 0 Å². The second-order valence-corrected chi connectivity index (χ2v) is 4.63. The number of rotatable bonds is 3. The van der Waals surface area contributed by atoms with Crippen LogP contribution in [0.25, 0.3) is 16.0 Å². The molecule has 1 aromatic heterocycles. The maximum Gasteiger partial charge on any atom is 0.0349 e. The maximum absolute atomic E-state index is 7.06. The summed E-state index contributed by atoms with van der Waals surface area (Å²) in [6.07, 6.45) is 3.15. The minimum atomic E-state index is 1.14. The third-order valence-electron chi connectivity index (χ3n) is 2.39. The van der Waals surface area contributed by atoms with Gasteiger partial charge in [0, 0.05) is 16.0 Å². The first-order valence-electron chi connectivity index (χ1n) is 5.14. The molecule has 0 aliphatic rings. The first kappa shape index (κ1) is 10.8. The lowest BCUT2D eigenvalue weighted by Crippen LogP contribution is -1.71. The summed E-state index contributed by atoms with van der Waals surface area (Å²) in [5.41, 5.74) is 2.39. The van der Waals surface area contributed by atoms with Crippen molar-refractivity contribution in [2.45, 2.75) is 6.92 Å². The molecule has 0 aliphatic carbocycles. The van der Waals surface area contributed by atoms with Crippen molar-refractivity contribution < 1.29 is 0 Å². The lowest BCUT2D eigenvalue weighted by Gasteiger charge is -1.96. The molecule has 1 nitrogen and oxygen atoms in total. The predicted molar refractivity (Wildman–Crippen MR) is 72.2 cm³/mol. The summed E-state index contributed by atoms with van der Waals surface area (Å²) in [5, 5.41) is 7.06. The van der Waals surface area contributed by atoms with Gasteiger partial charge < -0.3 is 5.41 Å². The van der Waals surface area contributed by atoms with E-state index in [1.165, 1.54) is 21.5 Å². The highest BCUT2D eigenvalue weighted by Crippen LogP contribution is 2.31. The van der Waals surface area contributed by atoms with Crippen molar-refractivity contribution in [2.24, 2.45) is 0 Å². The largest absolute Gasteiger partial charge is 0.309 e. The van der Waals surface area contributed by atoms with Crippen LogP contribution in [0.4, 0.5) is 0 Å². The fraction of sp³-hybridized carbons (Fsp3) is 0.0714. The van der Waals surface area contributed by atoms with E-state index in [1.807, 2.05) is 19.1 Å². The molecule has 0 saturated carbocycles. The van der Waals surface area contributed by atoms with E-state index in [1.54, 1.807) is 11.3 Å². The van der Waals surface area contributed by atoms with Crippen molar-refractivity contribution in [1.82, 2.24) is 0 Å². The van der Waals surface area contributed by atoms with E-state index in [-0.39, 0.29) is 0 Å². The summed E-state index contributed by atoms with van der Waals surface area (Å²) >= 11 is 1.76. The SMILES string of the molecule is C/C(=C\C=N)c1ccc(-c2ccccc2)s1. The van der Waals surface area contributed by atoms with Crippen LogP contribution in [-0.4, -0.2) is 6.21 Å². The third-order valence-corrected chi connectivity index (χ3v) is 3.66.